The zero-order chi connectivity index (χ0) is 10.9. The largest absolute Gasteiger partial charge is 0.464 e. The first-order valence-electron chi connectivity index (χ1n) is 4.98. The maximum Gasteiger partial charge on any atom is 0.134 e. The molecule has 0 radical (unpaired) electrons. The first-order chi connectivity index (χ1) is 7.13. The van der Waals surface area contributed by atoms with Crippen molar-refractivity contribution in [1.29, 1.82) is 0 Å². The highest BCUT2D eigenvalue weighted by atomic mass is 16.3. The molecule has 1 unspecified atom stereocenters. The number of likely N-dealkylation sites (N-methyl/N-ethyl adjacent to an activating group) is 1. The highest BCUT2D eigenvalue weighted by Crippen LogP contribution is 2.24. The minimum Gasteiger partial charge on any atom is -0.464 e. The first-order valence-corrected chi connectivity index (χ1v) is 4.98. The van der Waals surface area contributed by atoms with Crippen molar-refractivity contribution in [3.05, 3.63) is 36.1 Å². The van der Waals surface area contributed by atoms with Gasteiger partial charge in [0.25, 0.3) is 0 Å². The molecule has 1 aromatic carbocycles. The third-order valence-electron chi connectivity index (χ3n) is 2.60. The molecule has 2 aromatic rings. The van der Waals surface area contributed by atoms with Crippen molar-refractivity contribution in [1.82, 2.24) is 5.32 Å². The van der Waals surface area contributed by atoms with Gasteiger partial charge in [-0.05, 0) is 31.7 Å². The Morgan fingerprint density at radius 3 is 2.93 bits per heavy atom. The molecule has 80 valence electrons. The third-order valence-corrected chi connectivity index (χ3v) is 2.60. The van der Waals surface area contributed by atoms with Gasteiger partial charge < -0.3 is 14.8 Å². The van der Waals surface area contributed by atoms with Gasteiger partial charge in [-0.15, -0.1) is 0 Å². The topological polar surface area (TPSA) is 45.4 Å². The van der Waals surface area contributed by atoms with Crippen molar-refractivity contribution in [2.75, 3.05) is 13.6 Å². The SMILES string of the molecule is CNCC(C)(O)c1ccc2ccoc2c1. The van der Waals surface area contributed by atoms with Crippen LogP contribution in [-0.4, -0.2) is 18.7 Å². The Morgan fingerprint density at radius 2 is 2.20 bits per heavy atom. The molecule has 0 saturated heterocycles. The third kappa shape index (κ3) is 1.89. The van der Waals surface area contributed by atoms with Crippen LogP contribution in [0.1, 0.15) is 12.5 Å². The predicted molar refractivity (Wildman–Crippen MR) is 59.7 cm³/mol. The molecule has 1 heterocycles. The number of nitrogens with one attached hydrogen (secondary N) is 1. The summed E-state index contributed by atoms with van der Waals surface area (Å²) in [6, 6.07) is 7.67. The summed E-state index contributed by atoms with van der Waals surface area (Å²) in [7, 11) is 1.82. The van der Waals surface area contributed by atoms with Gasteiger partial charge in [-0.1, -0.05) is 12.1 Å². The van der Waals surface area contributed by atoms with Gasteiger partial charge in [0.15, 0.2) is 0 Å². The normalized spacial score (nSPS) is 15.4. The van der Waals surface area contributed by atoms with Gasteiger partial charge in [0.05, 0.1) is 11.9 Å². The van der Waals surface area contributed by atoms with E-state index in [2.05, 4.69) is 5.32 Å². The summed E-state index contributed by atoms with van der Waals surface area (Å²) in [5.74, 6) is 0. The van der Waals surface area contributed by atoms with Crippen molar-refractivity contribution < 1.29 is 9.52 Å². The molecule has 0 bridgehead atoms. The molecule has 1 aromatic heterocycles. The van der Waals surface area contributed by atoms with Crippen LogP contribution >= 0.6 is 0 Å². The summed E-state index contributed by atoms with van der Waals surface area (Å²) in [6.45, 7) is 2.30. The van der Waals surface area contributed by atoms with E-state index in [1.807, 2.05) is 31.3 Å². The number of rotatable bonds is 3. The fraction of sp³-hybridized carbons (Fsp3) is 0.333. The Morgan fingerprint density at radius 1 is 1.40 bits per heavy atom. The van der Waals surface area contributed by atoms with E-state index in [0.29, 0.717) is 6.54 Å². The summed E-state index contributed by atoms with van der Waals surface area (Å²) >= 11 is 0. The van der Waals surface area contributed by atoms with Crippen molar-refractivity contribution >= 4 is 11.0 Å². The number of fused-ring (bicyclic) bond motifs is 1. The molecule has 2 N–H and O–H groups in total. The van der Waals surface area contributed by atoms with Gasteiger partial charge in [-0.3, -0.25) is 0 Å². The summed E-state index contributed by atoms with van der Waals surface area (Å²) < 4.78 is 5.30. The Bertz CT molecular complexity index is 459. The molecular formula is C12H15NO2. The second-order valence-electron chi connectivity index (χ2n) is 3.98. The maximum atomic E-state index is 10.2. The molecule has 2 rings (SSSR count). The molecule has 0 aliphatic heterocycles. The number of hydrogen-bond donors (Lipinski definition) is 2. The molecule has 3 nitrogen and oxygen atoms in total. The summed E-state index contributed by atoms with van der Waals surface area (Å²) in [4.78, 5) is 0. The maximum absolute atomic E-state index is 10.2. The Labute approximate surface area is 88.7 Å². The lowest BCUT2D eigenvalue weighted by molar-refractivity contribution is 0.0592. The minimum atomic E-state index is -0.865. The molecular weight excluding hydrogens is 190 g/mol. The lowest BCUT2D eigenvalue weighted by atomic mass is 9.95. The molecule has 3 heteroatoms. The van der Waals surface area contributed by atoms with Crippen LogP contribution in [0.4, 0.5) is 0 Å². The Kier molecular flexibility index (Phi) is 2.50. The van der Waals surface area contributed by atoms with Crippen LogP contribution in [0, 0.1) is 0 Å². The Balaban J connectivity index is 2.42. The molecule has 0 aliphatic rings. The van der Waals surface area contributed by atoms with E-state index in [-0.39, 0.29) is 0 Å². The Hall–Kier alpha value is -1.32. The number of furan rings is 1. The van der Waals surface area contributed by atoms with E-state index in [1.54, 1.807) is 13.2 Å². The molecule has 0 fully saturated rings. The molecule has 1 atom stereocenters. The van der Waals surface area contributed by atoms with Crippen LogP contribution in [0.5, 0.6) is 0 Å². The average molecular weight is 205 g/mol. The fourth-order valence-corrected chi connectivity index (χ4v) is 1.74. The van der Waals surface area contributed by atoms with Crippen LogP contribution in [0.15, 0.2) is 34.9 Å². The second-order valence-corrected chi connectivity index (χ2v) is 3.98. The number of benzene rings is 1. The van der Waals surface area contributed by atoms with Gasteiger partial charge in [0, 0.05) is 11.9 Å². The summed E-state index contributed by atoms with van der Waals surface area (Å²) in [5.41, 5.74) is 0.804. The van der Waals surface area contributed by atoms with E-state index >= 15 is 0 Å². The van der Waals surface area contributed by atoms with Gasteiger partial charge in [-0.2, -0.15) is 0 Å². The van der Waals surface area contributed by atoms with E-state index in [9.17, 15) is 5.11 Å². The molecule has 0 aliphatic carbocycles. The standard InChI is InChI=1S/C12H15NO2/c1-12(14,8-13-2)10-4-3-9-5-6-15-11(9)7-10/h3-7,13-14H,8H2,1-2H3. The average Bonchev–Trinajstić information content (AvgIpc) is 2.63. The van der Waals surface area contributed by atoms with Crippen LogP contribution in [0.25, 0.3) is 11.0 Å². The number of aliphatic hydroxyl groups is 1. The monoisotopic (exact) mass is 205 g/mol. The van der Waals surface area contributed by atoms with Crippen LogP contribution in [0.3, 0.4) is 0 Å². The number of hydrogen-bond acceptors (Lipinski definition) is 3. The summed E-state index contributed by atoms with van der Waals surface area (Å²) in [5, 5.41) is 14.2. The van der Waals surface area contributed by atoms with Crippen molar-refractivity contribution in [3.63, 3.8) is 0 Å². The highest BCUT2D eigenvalue weighted by molar-refractivity contribution is 5.77. The van der Waals surface area contributed by atoms with Gasteiger partial charge in [0.1, 0.15) is 5.58 Å². The van der Waals surface area contributed by atoms with Crippen LogP contribution in [0.2, 0.25) is 0 Å². The molecule has 15 heavy (non-hydrogen) atoms. The quantitative estimate of drug-likeness (QED) is 0.804. The van der Waals surface area contributed by atoms with Gasteiger partial charge in [-0.25, -0.2) is 0 Å². The van der Waals surface area contributed by atoms with Crippen LogP contribution < -0.4 is 5.32 Å². The highest BCUT2D eigenvalue weighted by Gasteiger charge is 2.22. The second kappa shape index (κ2) is 3.68. The first kappa shape index (κ1) is 10.2. The lowest BCUT2D eigenvalue weighted by Gasteiger charge is -2.23. The van der Waals surface area contributed by atoms with Gasteiger partial charge in [0.2, 0.25) is 0 Å². The molecule has 0 amide bonds. The van der Waals surface area contributed by atoms with Crippen LogP contribution in [-0.2, 0) is 5.60 Å². The lowest BCUT2D eigenvalue weighted by Crippen LogP contribution is -2.33. The van der Waals surface area contributed by atoms with Gasteiger partial charge >= 0.3 is 0 Å². The van der Waals surface area contributed by atoms with Crippen molar-refractivity contribution in [2.45, 2.75) is 12.5 Å². The van der Waals surface area contributed by atoms with E-state index in [0.717, 1.165) is 16.5 Å². The van der Waals surface area contributed by atoms with E-state index < -0.39 is 5.60 Å². The van der Waals surface area contributed by atoms with Crippen molar-refractivity contribution in [2.24, 2.45) is 0 Å². The fourth-order valence-electron chi connectivity index (χ4n) is 1.74. The van der Waals surface area contributed by atoms with E-state index in [4.69, 9.17) is 4.42 Å². The zero-order valence-electron chi connectivity index (χ0n) is 8.95. The van der Waals surface area contributed by atoms with Crippen molar-refractivity contribution in [3.8, 4) is 0 Å². The molecule has 0 spiro atoms. The zero-order valence-corrected chi connectivity index (χ0v) is 8.95. The minimum absolute atomic E-state index is 0.513. The van der Waals surface area contributed by atoms with E-state index in [1.165, 1.54) is 0 Å². The molecule has 0 saturated carbocycles. The smallest absolute Gasteiger partial charge is 0.134 e. The predicted octanol–water partition coefficient (Wildman–Crippen LogP) is 1.86. The summed E-state index contributed by atoms with van der Waals surface area (Å²) in [6.07, 6.45) is 1.65.